The maximum absolute atomic E-state index is 12.8. The van der Waals surface area contributed by atoms with Gasteiger partial charge in [0, 0.05) is 50.0 Å². The number of thiazole rings is 1. The molecule has 0 amide bonds. The third-order valence-electron chi connectivity index (χ3n) is 6.48. The Hall–Kier alpha value is -3.31. The Morgan fingerprint density at radius 2 is 2.12 bits per heavy atom. The molecule has 0 aliphatic carbocycles. The number of carbonyl (C=O) groups excluding carboxylic acids is 1. The Morgan fingerprint density at radius 3 is 2.79 bits per heavy atom. The second-order valence-electron chi connectivity index (χ2n) is 8.73. The Morgan fingerprint density at radius 1 is 1.29 bits per heavy atom. The van der Waals surface area contributed by atoms with E-state index in [1.165, 1.54) is 22.1 Å². The fourth-order valence-corrected chi connectivity index (χ4v) is 5.15. The maximum atomic E-state index is 12.8. The number of carboxylic acid groups (broad SMARTS) is 1. The van der Waals surface area contributed by atoms with Crippen molar-refractivity contribution < 1.29 is 19.4 Å². The molecule has 5 rings (SSSR count). The molecule has 34 heavy (non-hydrogen) atoms. The van der Waals surface area contributed by atoms with Crippen LogP contribution < -0.4 is 16.1 Å². The average Bonchev–Trinajstić information content (AvgIpc) is 3.32. The molecule has 2 aliphatic rings. The van der Waals surface area contributed by atoms with Crippen LogP contribution in [-0.4, -0.2) is 57.2 Å². The fraction of sp³-hybridized carbons (Fsp3) is 0.435. The van der Waals surface area contributed by atoms with E-state index in [1.54, 1.807) is 17.6 Å². The number of rotatable bonds is 7. The molecular formula is C23H25N5O5S. The Kier molecular flexibility index (Phi) is 6.05. The van der Waals surface area contributed by atoms with Crippen LogP contribution >= 0.6 is 11.3 Å². The molecule has 2 aliphatic heterocycles. The summed E-state index contributed by atoms with van der Waals surface area (Å²) >= 11 is 1.29. The number of carbonyl (C=O) groups is 2. The van der Waals surface area contributed by atoms with E-state index in [2.05, 4.69) is 9.97 Å². The van der Waals surface area contributed by atoms with Crippen LogP contribution in [0.3, 0.4) is 0 Å². The molecule has 0 bridgehead atoms. The lowest BCUT2D eigenvalue weighted by atomic mass is 9.91. The molecule has 0 saturated carbocycles. The molecule has 5 heterocycles. The Balaban J connectivity index is 1.38. The molecule has 3 aromatic heterocycles. The SMILES string of the molecule is Nc1cc(N2CC(C(=O)CCC3CCCCO3)C2)nc2c1c(=O)c(C(=O)O)cn2-c1nccs1. The zero-order chi connectivity index (χ0) is 23.8. The number of Topliss-reactive ketones (excluding diaryl/α,β-unsaturated/α-hetero) is 1. The molecule has 0 aromatic carbocycles. The van der Waals surface area contributed by atoms with E-state index >= 15 is 0 Å². The highest BCUT2D eigenvalue weighted by molar-refractivity contribution is 7.12. The molecule has 0 spiro atoms. The van der Waals surface area contributed by atoms with Crippen molar-refractivity contribution in [1.29, 1.82) is 0 Å². The lowest BCUT2D eigenvalue weighted by molar-refractivity contribution is -0.124. The van der Waals surface area contributed by atoms with Gasteiger partial charge >= 0.3 is 5.97 Å². The van der Waals surface area contributed by atoms with E-state index in [9.17, 15) is 19.5 Å². The van der Waals surface area contributed by atoms with Crippen molar-refractivity contribution >= 4 is 45.6 Å². The third-order valence-corrected chi connectivity index (χ3v) is 7.25. The third kappa shape index (κ3) is 4.16. The largest absolute Gasteiger partial charge is 0.477 e. The predicted octanol–water partition coefficient (Wildman–Crippen LogP) is 2.48. The van der Waals surface area contributed by atoms with Crippen LogP contribution in [0.4, 0.5) is 11.5 Å². The van der Waals surface area contributed by atoms with Crippen molar-refractivity contribution in [3.05, 3.63) is 39.6 Å². The van der Waals surface area contributed by atoms with Crippen molar-refractivity contribution in [2.24, 2.45) is 5.92 Å². The first-order valence-corrected chi connectivity index (χ1v) is 12.2. The van der Waals surface area contributed by atoms with E-state index < -0.39 is 17.0 Å². The number of ether oxygens (including phenoxy) is 1. The minimum absolute atomic E-state index is 0.0412. The monoisotopic (exact) mass is 483 g/mol. The van der Waals surface area contributed by atoms with Crippen molar-refractivity contribution in [2.45, 2.75) is 38.2 Å². The lowest BCUT2D eigenvalue weighted by Gasteiger charge is -2.39. The standard InChI is InChI=1S/C23H25N5O5S/c24-16-9-18(27-10-13(11-27)17(29)5-4-14-3-1-2-7-33-14)26-21-19(16)20(30)15(22(31)32)12-28(21)23-25-6-8-34-23/h6,8-9,12-14H,1-5,7,10-11H2,(H2,24,26)(H,31,32). The summed E-state index contributed by atoms with van der Waals surface area (Å²) in [5, 5.41) is 11.8. The maximum Gasteiger partial charge on any atom is 0.341 e. The number of pyridine rings is 2. The topological polar surface area (TPSA) is 141 Å². The van der Waals surface area contributed by atoms with Crippen LogP contribution in [0.15, 0.2) is 28.6 Å². The van der Waals surface area contributed by atoms with Crippen LogP contribution in [0, 0.1) is 5.92 Å². The molecule has 1 unspecified atom stereocenters. The van der Waals surface area contributed by atoms with E-state index in [1.807, 2.05) is 4.90 Å². The number of aromatic carboxylic acids is 1. The van der Waals surface area contributed by atoms with Crippen LogP contribution in [0.2, 0.25) is 0 Å². The van der Waals surface area contributed by atoms with Gasteiger partial charge in [-0.1, -0.05) is 0 Å². The van der Waals surface area contributed by atoms with Gasteiger partial charge in [0.25, 0.3) is 0 Å². The first kappa shape index (κ1) is 22.5. The number of fused-ring (bicyclic) bond motifs is 1. The molecule has 10 nitrogen and oxygen atoms in total. The van der Waals surface area contributed by atoms with E-state index in [-0.39, 0.29) is 34.5 Å². The highest BCUT2D eigenvalue weighted by atomic mass is 32.1. The second-order valence-corrected chi connectivity index (χ2v) is 9.60. The van der Waals surface area contributed by atoms with Gasteiger partial charge < -0.3 is 20.5 Å². The van der Waals surface area contributed by atoms with Crippen LogP contribution in [-0.2, 0) is 9.53 Å². The van der Waals surface area contributed by atoms with Gasteiger partial charge in [-0.25, -0.2) is 14.8 Å². The van der Waals surface area contributed by atoms with Crippen molar-refractivity contribution in [2.75, 3.05) is 30.3 Å². The van der Waals surface area contributed by atoms with Gasteiger partial charge in [0.05, 0.1) is 23.1 Å². The van der Waals surface area contributed by atoms with Crippen LogP contribution in [0.5, 0.6) is 0 Å². The number of nitrogen functional groups attached to an aromatic ring is 1. The number of ketones is 1. The number of nitrogens with zero attached hydrogens (tertiary/aromatic N) is 4. The summed E-state index contributed by atoms with van der Waals surface area (Å²) in [4.78, 5) is 47.9. The molecule has 0 radical (unpaired) electrons. The summed E-state index contributed by atoms with van der Waals surface area (Å²) in [7, 11) is 0. The van der Waals surface area contributed by atoms with Gasteiger partial charge in [-0.3, -0.25) is 14.2 Å². The molecule has 3 aromatic rings. The molecule has 3 N–H and O–H groups in total. The zero-order valence-electron chi connectivity index (χ0n) is 18.5. The number of nitrogens with two attached hydrogens (primary N) is 1. The number of anilines is 2. The number of hydrogen-bond donors (Lipinski definition) is 2. The first-order valence-electron chi connectivity index (χ1n) is 11.3. The molecule has 11 heteroatoms. The smallest absolute Gasteiger partial charge is 0.341 e. The molecule has 2 saturated heterocycles. The van der Waals surface area contributed by atoms with Gasteiger partial charge in [0.15, 0.2) is 10.8 Å². The number of hydrogen-bond acceptors (Lipinski definition) is 9. The first-order chi connectivity index (χ1) is 16.4. The van der Waals surface area contributed by atoms with Gasteiger partial charge in [0.2, 0.25) is 5.43 Å². The van der Waals surface area contributed by atoms with Crippen molar-refractivity contribution in [3.8, 4) is 5.13 Å². The highest BCUT2D eigenvalue weighted by Crippen LogP contribution is 2.31. The summed E-state index contributed by atoms with van der Waals surface area (Å²) in [6.07, 6.45) is 7.56. The second kappa shape index (κ2) is 9.15. The fourth-order valence-electron chi connectivity index (χ4n) is 4.53. The summed E-state index contributed by atoms with van der Waals surface area (Å²) in [5.74, 6) is -0.649. The minimum atomic E-state index is -1.34. The Labute approximate surface area is 199 Å². The zero-order valence-corrected chi connectivity index (χ0v) is 19.3. The van der Waals surface area contributed by atoms with Crippen LogP contribution in [0.25, 0.3) is 16.2 Å². The van der Waals surface area contributed by atoms with Crippen LogP contribution in [0.1, 0.15) is 42.5 Å². The Bertz CT molecular complexity index is 1290. The highest BCUT2D eigenvalue weighted by Gasteiger charge is 2.34. The molecule has 1 atom stereocenters. The quantitative estimate of drug-likeness (QED) is 0.518. The van der Waals surface area contributed by atoms with Gasteiger partial charge in [0.1, 0.15) is 17.2 Å². The summed E-state index contributed by atoms with van der Waals surface area (Å²) < 4.78 is 7.21. The van der Waals surface area contributed by atoms with Gasteiger partial charge in [-0.15, -0.1) is 11.3 Å². The van der Waals surface area contributed by atoms with Gasteiger partial charge in [-0.2, -0.15) is 0 Å². The summed E-state index contributed by atoms with van der Waals surface area (Å²) in [5.41, 5.74) is 5.51. The molecule has 2 fully saturated rings. The van der Waals surface area contributed by atoms with Gasteiger partial charge in [-0.05, 0) is 25.7 Å². The van der Waals surface area contributed by atoms with Crippen molar-refractivity contribution in [3.63, 3.8) is 0 Å². The predicted molar refractivity (Wildman–Crippen MR) is 128 cm³/mol. The van der Waals surface area contributed by atoms with E-state index in [4.69, 9.17) is 10.5 Å². The van der Waals surface area contributed by atoms with E-state index in [0.29, 0.717) is 30.5 Å². The number of carboxylic acids is 1. The number of aromatic nitrogens is 3. The molecular weight excluding hydrogens is 458 g/mol. The normalized spacial score (nSPS) is 18.7. The summed E-state index contributed by atoms with van der Waals surface area (Å²) in [6.45, 7) is 1.83. The minimum Gasteiger partial charge on any atom is -0.477 e. The summed E-state index contributed by atoms with van der Waals surface area (Å²) in [6, 6.07) is 1.57. The average molecular weight is 484 g/mol. The lowest BCUT2D eigenvalue weighted by Crippen LogP contribution is -2.51. The van der Waals surface area contributed by atoms with E-state index in [0.717, 1.165) is 32.3 Å². The van der Waals surface area contributed by atoms with Crippen molar-refractivity contribution in [1.82, 2.24) is 14.5 Å². The molecule has 178 valence electrons.